The Kier molecular flexibility index (Phi) is 5.53. The molecule has 0 radical (unpaired) electrons. The van der Waals surface area contributed by atoms with Crippen molar-refractivity contribution in [3.8, 4) is 0 Å². The van der Waals surface area contributed by atoms with Gasteiger partial charge in [-0.25, -0.2) is 9.48 Å². The Balaban J connectivity index is 1.27. The van der Waals surface area contributed by atoms with E-state index in [1.165, 1.54) is 0 Å². The molecule has 0 unspecified atom stereocenters. The summed E-state index contributed by atoms with van der Waals surface area (Å²) in [5.41, 5.74) is 1.85. The highest BCUT2D eigenvalue weighted by atomic mass is 16.9. The summed E-state index contributed by atoms with van der Waals surface area (Å²) in [6.45, 7) is 9.57. The van der Waals surface area contributed by atoms with E-state index in [0.717, 1.165) is 5.56 Å². The van der Waals surface area contributed by atoms with Crippen LogP contribution < -0.4 is 0 Å². The van der Waals surface area contributed by atoms with Gasteiger partial charge in [-0.15, -0.1) is 5.10 Å². The number of hydrogen-bond acceptors (Lipinski definition) is 9. The van der Waals surface area contributed by atoms with Crippen LogP contribution in [-0.2, 0) is 35.0 Å². The first-order valence-electron chi connectivity index (χ1n) is 11.1. The van der Waals surface area contributed by atoms with Gasteiger partial charge in [0.25, 0.3) is 0 Å². The number of hydrogen-bond donors (Lipinski definition) is 0. The maximum atomic E-state index is 12.8. The van der Waals surface area contributed by atoms with E-state index in [2.05, 4.69) is 10.3 Å². The average Bonchev–Trinajstić information content (AvgIpc) is 3.38. The smallest absolute Gasteiger partial charge is 0.360 e. The Morgan fingerprint density at radius 2 is 1.67 bits per heavy atom. The van der Waals surface area contributed by atoms with Gasteiger partial charge in [-0.1, -0.05) is 35.5 Å². The van der Waals surface area contributed by atoms with Gasteiger partial charge >= 0.3 is 5.97 Å². The van der Waals surface area contributed by atoms with Crippen LogP contribution in [0.4, 0.5) is 0 Å². The van der Waals surface area contributed by atoms with E-state index < -0.39 is 48.2 Å². The molecule has 5 rings (SSSR count). The number of benzene rings is 1. The van der Waals surface area contributed by atoms with Crippen LogP contribution >= 0.6 is 0 Å². The zero-order valence-electron chi connectivity index (χ0n) is 19.4. The lowest BCUT2D eigenvalue weighted by atomic mass is 9.99. The van der Waals surface area contributed by atoms with Crippen molar-refractivity contribution in [1.29, 1.82) is 0 Å². The third-order valence-corrected chi connectivity index (χ3v) is 5.98. The molecule has 0 aliphatic carbocycles. The molecule has 1 aromatic heterocycles. The fraction of sp³-hybridized carbons (Fsp3) is 0.609. The summed E-state index contributed by atoms with van der Waals surface area (Å²) in [6, 6.07) is 9.84. The summed E-state index contributed by atoms with van der Waals surface area (Å²) >= 11 is 0. The van der Waals surface area contributed by atoms with E-state index in [9.17, 15) is 4.79 Å². The molecular formula is C23H29N3O7. The summed E-state index contributed by atoms with van der Waals surface area (Å²) in [5.74, 6) is -2.20. The lowest BCUT2D eigenvalue weighted by molar-refractivity contribution is -0.240. The first kappa shape index (κ1) is 22.4. The summed E-state index contributed by atoms with van der Waals surface area (Å²) in [6.07, 6.45) is -2.53. The highest BCUT2D eigenvalue weighted by Crippen LogP contribution is 2.44. The number of nitrogens with zero attached hydrogens (tertiary/aromatic N) is 3. The van der Waals surface area contributed by atoms with E-state index in [4.69, 9.17) is 28.4 Å². The molecule has 2 aromatic rings. The maximum absolute atomic E-state index is 12.8. The first-order valence-corrected chi connectivity index (χ1v) is 11.1. The van der Waals surface area contributed by atoms with Crippen LogP contribution in [0.1, 0.15) is 49.4 Å². The van der Waals surface area contributed by atoms with Crippen molar-refractivity contribution >= 4 is 5.97 Å². The molecule has 10 heteroatoms. The molecule has 3 saturated heterocycles. The normalized spacial score (nSPS) is 31.7. The van der Waals surface area contributed by atoms with Crippen molar-refractivity contribution in [3.63, 3.8) is 0 Å². The zero-order chi connectivity index (χ0) is 23.4. The summed E-state index contributed by atoms with van der Waals surface area (Å²) < 4.78 is 37.4. The predicted octanol–water partition coefficient (Wildman–Crippen LogP) is 2.19. The van der Waals surface area contributed by atoms with Gasteiger partial charge in [0, 0.05) is 0 Å². The number of rotatable bonds is 5. The van der Waals surface area contributed by atoms with Gasteiger partial charge in [0.15, 0.2) is 23.6 Å². The van der Waals surface area contributed by atoms with Crippen LogP contribution in [0.5, 0.6) is 0 Å². The largest absolute Gasteiger partial charge is 0.458 e. The molecule has 0 bridgehead atoms. The van der Waals surface area contributed by atoms with Gasteiger partial charge in [0.1, 0.15) is 31.0 Å². The zero-order valence-corrected chi connectivity index (χ0v) is 19.4. The van der Waals surface area contributed by atoms with Gasteiger partial charge in [-0.05, 0) is 40.2 Å². The van der Waals surface area contributed by atoms with E-state index in [1.54, 1.807) is 11.6 Å². The molecule has 3 fully saturated rings. The topological polar surface area (TPSA) is 103 Å². The Morgan fingerprint density at radius 1 is 1.00 bits per heavy atom. The van der Waals surface area contributed by atoms with Crippen LogP contribution in [-0.4, -0.2) is 69.9 Å². The van der Waals surface area contributed by atoms with Crippen molar-refractivity contribution in [3.05, 3.63) is 47.3 Å². The van der Waals surface area contributed by atoms with Crippen molar-refractivity contribution < 1.29 is 33.2 Å². The molecule has 178 valence electrons. The molecule has 4 heterocycles. The number of ether oxygens (including phenoxy) is 6. The third kappa shape index (κ3) is 4.41. The minimum Gasteiger partial charge on any atom is -0.458 e. The van der Waals surface area contributed by atoms with Crippen LogP contribution in [0.3, 0.4) is 0 Å². The van der Waals surface area contributed by atoms with Gasteiger partial charge in [0.05, 0.1) is 12.2 Å². The number of esters is 1. The molecule has 0 spiro atoms. The Labute approximate surface area is 192 Å². The standard InChI is InChI=1S/C23H29N3O7/c1-13-16(24-25-26(13)11-14-9-7-6-8-10-14)20(27)28-12-15-17-18(31-22(2,3)30-17)19-21(29-15)33-23(4,5)32-19/h6-10,15,17-19,21H,11-12H2,1-5H3/t15-,17+,18+,19-,21-/m0/s1. The lowest BCUT2D eigenvalue weighted by Crippen LogP contribution is -2.56. The van der Waals surface area contributed by atoms with Crippen LogP contribution in [0, 0.1) is 6.92 Å². The van der Waals surface area contributed by atoms with Crippen molar-refractivity contribution in [2.75, 3.05) is 6.61 Å². The van der Waals surface area contributed by atoms with E-state index in [1.807, 2.05) is 58.0 Å². The number of carbonyl (C=O) groups is 1. The fourth-order valence-electron chi connectivity index (χ4n) is 4.51. The molecule has 10 nitrogen and oxygen atoms in total. The van der Waals surface area contributed by atoms with Gasteiger partial charge < -0.3 is 28.4 Å². The van der Waals surface area contributed by atoms with Crippen LogP contribution in [0.15, 0.2) is 30.3 Å². The monoisotopic (exact) mass is 459 g/mol. The third-order valence-electron chi connectivity index (χ3n) is 5.98. The molecule has 3 aliphatic heterocycles. The van der Waals surface area contributed by atoms with Crippen LogP contribution in [0.2, 0.25) is 0 Å². The quantitative estimate of drug-likeness (QED) is 0.623. The Bertz CT molecular complexity index is 1020. The SMILES string of the molecule is Cc1c(C(=O)OC[C@@H]2O[C@H]3OC(C)(C)O[C@H]3[C@@H]3OC(C)(C)O[C@@H]32)nnn1Cc1ccccc1. The molecule has 5 atom stereocenters. The molecule has 33 heavy (non-hydrogen) atoms. The highest BCUT2D eigenvalue weighted by molar-refractivity contribution is 5.88. The fourth-order valence-corrected chi connectivity index (χ4v) is 4.51. The molecule has 1 aromatic carbocycles. The van der Waals surface area contributed by atoms with E-state index in [-0.39, 0.29) is 12.3 Å². The van der Waals surface area contributed by atoms with Crippen molar-refractivity contribution in [2.24, 2.45) is 0 Å². The summed E-state index contributed by atoms with van der Waals surface area (Å²) in [7, 11) is 0. The summed E-state index contributed by atoms with van der Waals surface area (Å²) in [5, 5.41) is 8.15. The first-order chi connectivity index (χ1) is 15.6. The molecular weight excluding hydrogens is 430 g/mol. The Morgan fingerprint density at radius 3 is 2.42 bits per heavy atom. The lowest BCUT2D eigenvalue weighted by Gasteiger charge is -2.36. The van der Waals surface area contributed by atoms with E-state index in [0.29, 0.717) is 12.2 Å². The predicted molar refractivity (Wildman–Crippen MR) is 113 cm³/mol. The minimum absolute atomic E-state index is 0.0442. The highest BCUT2D eigenvalue weighted by Gasteiger charge is 2.60. The summed E-state index contributed by atoms with van der Waals surface area (Å²) in [4.78, 5) is 12.8. The second-order valence-electron chi connectivity index (χ2n) is 9.47. The molecule has 0 N–H and O–H groups in total. The minimum atomic E-state index is -0.817. The number of aromatic nitrogens is 3. The maximum Gasteiger partial charge on any atom is 0.360 e. The van der Waals surface area contributed by atoms with Crippen molar-refractivity contribution in [2.45, 2.75) is 83.4 Å². The van der Waals surface area contributed by atoms with Crippen LogP contribution in [0.25, 0.3) is 0 Å². The second kappa shape index (κ2) is 8.14. The average molecular weight is 459 g/mol. The van der Waals surface area contributed by atoms with Gasteiger partial charge in [0.2, 0.25) is 0 Å². The van der Waals surface area contributed by atoms with Gasteiger partial charge in [-0.2, -0.15) is 0 Å². The number of carbonyl (C=O) groups excluding carboxylic acids is 1. The molecule has 0 amide bonds. The second-order valence-corrected chi connectivity index (χ2v) is 9.47. The van der Waals surface area contributed by atoms with E-state index >= 15 is 0 Å². The molecule has 0 saturated carbocycles. The van der Waals surface area contributed by atoms with Gasteiger partial charge in [-0.3, -0.25) is 0 Å². The van der Waals surface area contributed by atoms with Crippen molar-refractivity contribution in [1.82, 2.24) is 15.0 Å². The number of fused-ring (bicyclic) bond motifs is 3. The Hall–Kier alpha value is -2.37. The molecule has 3 aliphatic rings.